The normalized spacial score (nSPS) is 20.5. The van der Waals surface area contributed by atoms with Gasteiger partial charge < -0.3 is 9.47 Å². The van der Waals surface area contributed by atoms with Gasteiger partial charge in [0.15, 0.2) is 17.9 Å². The maximum Gasteiger partial charge on any atom is 0.230 e. The Morgan fingerprint density at radius 3 is 2.71 bits per heavy atom. The minimum atomic E-state index is -2.27. The predicted molar refractivity (Wildman–Crippen MR) is 71.2 cm³/mol. The Labute approximate surface area is 124 Å². The summed E-state index contributed by atoms with van der Waals surface area (Å²) in [6.07, 6.45) is -0.968. The van der Waals surface area contributed by atoms with Gasteiger partial charge in [0.25, 0.3) is 0 Å². The third kappa shape index (κ3) is 3.90. The van der Waals surface area contributed by atoms with Crippen LogP contribution >= 0.6 is 11.8 Å². The number of rotatable bonds is 5. The Bertz CT molecular complexity index is 492. The molecule has 0 aromatic heterocycles. The van der Waals surface area contributed by atoms with E-state index in [9.17, 15) is 17.6 Å². The van der Waals surface area contributed by atoms with E-state index in [-0.39, 0.29) is 0 Å². The quantitative estimate of drug-likeness (QED) is 0.443. The van der Waals surface area contributed by atoms with Crippen molar-refractivity contribution < 1.29 is 27.0 Å². The van der Waals surface area contributed by atoms with Gasteiger partial charge in [0.05, 0.1) is 10.5 Å². The van der Waals surface area contributed by atoms with Crippen molar-refractivity contribution in [1.29, 1.82) is 0 Å². The lowest BCUT2D eigenvalue weighted by atomic mass is 10.2. The van der Waals surface area contributed by atoms with Gasteiger partial charge in [-0.25, -0.2) is 17.6 Å². The molecule has 0 saturated carbocycles. The molecular formula is C14H16F4O2S. The Morgan fingerprint density at radius 1 is 1.33 bits per heavy atom. The molecule has 1 heterocycles. The van der Waals surface area contributed by atoms with E-state index in [0.717, 1.165) is 24.6 Å². The van der Waals surface area contributed by atoms with Gasteiger partial charge in [-0.2, -0.15) is 0 Å². The van der Waals surface area contributed by atoms with E-state index in [4.69, 9.17) is 9.47 Å². The van der Waals surface area contributed by atoms with Gasteiger partial charge >= 0.3 is 0 Å². The van der Waals surface area contributed by atoms with Crippen molar-refractivity contribution in [3.05, 3.63) is 29.1 Å². The van der Waals surface area contributed by atoms with E-state index < -0.39 is 40.6 Å². The average Bonchev–Trinajstić information content (AvgIpc) is 2.48. The molecule has 0 amide bonds. The molecule has 1 aromatic rings. The Kier molecular flexibility index (Phi) is 5.89. The number of alkyl halides is 1. The van der Waals surface area contributed by atoms with Crippen LogP contribution in [-0.4, -0.2) is 18.6 Å². The van der Waals surface area contributed by atoms with Gasteiger partial charge in [-0.1, -0.05) is 6.92 Å². The molecule has 21 heavy (non-hydrogen) atoms. The molecular weight excluding hydrogens is 308 g/mol. The largest absolute Gasteiger partial charge is 0.353 e. The minimum Gasteiger partial charge on any atom is -0.353 e. The monoisotopic (exact) mass is 324 g/mol. The van der Waals surface area contributed by atoms with Crippen molar-refractivity contribution in [3.8, 4) is 0 Å². The van der Waals surface area contributed by atoms with Crippen LogP contribution in [0.5, 0.6) is 0 Å². The molecule has 2 atom stereocenters. The molecule has 0 radical (unpaired) electrons. The van der Waals surface area contributed by atoms with Crippen molar-refractivity contribution >= 4 is 11.8 Å². The second-order valence-corrected chi connectivity index (χ2v) is 5.86. The summed E-state index contributed by atoms with van der Waals surface area (Å²) in [4.78, 5) is -0.445. The molecule has 2 rings (SSSR count). The second-order valence-electron chi connectivity index (χ2n) is 4.59. The van der Waals surface area contributed by atoms with Crippen LogP contribution in [0.4, 0.5) is 17.6 Å². The fraction of sp³-hybridized carbons (Fsp3) is 0.571. The first-order chi connectivity index (χ1) is 10.0. The minimum absolute atomic E-state index is 0.373. The maximum absolute atomic E-state index is 14.0. The Balaban J connectivity index is 2.18. The first-order valence-electron chi connectivity index (χ1n) is 6.76. The molecule has 0 N–H and O–H groups in total. The molecule has 1 aliphatic heterocycles. The molecule has 1 aliphatic rings. The van der Waals surface area contributed by atoms with E-state index in [1.807, 2.05) is 0 Å². The first kappa shape index (κ1) is 16.6. The zero-order valence-electron chi connectivity index (χ0n) is 11.5. The standard InChI is InChI=1S/C14H16F4O2S/c1-2-21-13-9(15)7-8(11(16)12(13)17)14(18)20-10-5-3-4-6-19-10/h7,10,14H,2-6H2,1H3. The van der Waals surface area contributed by atoms with Gasteiger partial charge in [0.2, 0.25) is 6.36 Å². The molecule has 7 heteroatoms. The highest BCUT2D eigenvalue weighted by Gasteiger charge is 2.27. The van der Waals surface area contributed by atoms with Crippen molar-refractivity contribution in [3.63, 3.8) is 0 Å². The number of benzene rings is 1. The van der Waals surface area contributed by atoms with Gasteiger partial charge in [0, 0.05) is 6.61 Å². The molecule has 0 spiro atoms. The van der Waals surface area contributed by atoms with E-state index in [1.54, 1.807) is 6.92 Å². The fourth-order valence-corrected chi connectivity index (χ4v) is 2.77. The molecule has 2 nitrogen and oxygen atoms in total. The van der Waals surface area contributed by atoms with Gasteiger partial charge in [0.1, 0.15) is 5.82 Å². The summed E-state index contributed by atoms with van der Waals surface area (Å²) >= 11 is 0.821. The van der Waals surface area contributed by atoms with Crippen molar-refractivity contribution in [2.24, 2.45) is 0 Å². The molecule has 1 aromatic carbocycles. The van der Waals surface area contributed by atoms with Crippen LogP contribution in [0.25, 0.3) is 0 Å². The summed E-state index contributed by atoms with van der Waals surface area (Å²) in [7, 11) is 0. The summed E-state index contributed by atoms with van der Waals surface area (Å²) in [5, 5.41) is 0. The number of halogens is 4. The van der Waals surface area contributed by atoms with Crippen LogP contribution in [0, 0.1) is 17.5 Å². The summed E-state index contributed by atoms with van der Waals surface area (Å²) < 4.78 is 65.4. The van der Waals surface area contributed by atoms with Crippen LogP contribution in [0.1, 0.15) is 38.1 Å². The average molecular weight is 324 g/mol. The molecule has 1 fully saturated rings. The topological polar surface area (TPSA) is 18.5 Å². The molecule has 0 bridgehead atoms. The third-order valence-corrected chi connectivity index (χ3v) is 4.04. The highest BCUT2D eigenvalue weighted by molar-refractivity contribution is 7.99. The molecule has 0 aliphatic carbocycles. The molecule has 2 unspecified atom stereocenters. The van der Waals surface area contributed by atoms with Crippen LogP contribution < -0.4 is 0 Å². The number of hydrogen-bond acceptors (Lipinski definition) is 3. The number of hydrogen-bond donors (Lipinski definition) is 0. The zero-order chi connectivity index (χ0) is 15.4. The summed E-state index contributed by atoms with van der Waals surface area (Å²) in [5.74, 6) is -3.42. The van der Waals surface area contributed by atoms with Crippen molar-refractivity contribution in [2.45, 2.75) is 43.7 Å². The summed E-state index contributed by atoms with van der Waals surface area (Å²) in [6.45, 7) is 2.10. The lowest BCUT2D eigenvalue weighted by molar-refractivity contribution is -0.221. The summed E-state index contributed by atoms with van der Waals surface area (Å²) in [6, 6.07) is 0.643. The van der Waals surface area contributed by atoms with Gasteiger partial charge in [-0.3, -0.25) is 0 Å². The van der Waals surface area contributed by atoms with Gasteiger partial charge in [-0.15, -0.1) is 11.8 Å². The smallest absolute Gasteiger partial charge is 0.230 e. The second kappa shape index (κ2) is 7.47. The Morgan fingerprint density at radius 2 is 2.10 bits per heavy atom. The van der Waals surface area contributed by atoms with E-state index >= 15 is 0 Å². The van der Waals surface area contributed by atoms with E-state index in [0.29, 0.717) is 24.8 Å². The van der Waals surface area contributed by atoms with Crippen LogP contribution in [0.2, 0.25) is 0 Å². The predicted octanol–water partition coefficient (Wildman–Crippen LogP) is 4.73. The summed E-state index contributed by atoms with van der Waals surface area (Å²) in [5.41, 5.74) is -0.778. The van der Waals surface area contributed by atoms with Crippen molar-refractivity contribution in [2.75, 3.05) is 12.4 Å². The maximum atomic E-state index is 14.0. The number of ether oxygens (including phenoxy) is 2. The van der Waals surface area contributed by atoms with Crippen LogP contribution in [0.15, 0.2) is 11.0 Å². The first-order valence-corrected chi connectivity index (χ1v) is 7.74. The Hall–Kier alpha value is -0.790. The molecule has 1 saturated heterocycles. The lowest BCUT2D eigenvalue weighted by Gasteiger charge is -2.24. The lowest BCUT2D eigenvalue weighted by Crippen LogP contribution is -2.23. The number of thioether (sulfide) groups is 1. The molecule has 118 valence electrons. The highest BCUT2D eigenvalue weighted by Crippen LogP contribution is 2.34. The third-order valence-electron chi connectivity index (χ3n) is 3.09. The van der Waals surface area contributed by atoms with Crippen LogP contribution in [-0.2, 0) is 9.47 Å². The van der Waals surface area contributed by atoms with E-state index in [2.05, 4.69) is 0 Å². The van der Waals surface area contributed by atoms with Crippen LogP contribution in [0.3, 0.4) is 0 Å². The fourth-order valence-electron chi connectivity index (χ4n) is 2.06. The highest BCUT2D eigenvalue weighted by atomic mass is 32.2. The van der Waals surface area contributed by atoms with E-state index in [1.165, 1.54) is 0 Å². The van der Waals surface area contributed by atoms with Gasteiger partial charge in [-0.05, 0) is 31.1 Å². The zero-order valence-corrected chi connectivity index (χ0v) is 12.3. The SMILES string of the molecule is CCSc1c(F)cc(C(F)OC2CCCCO2)c(F)c1F. The van der Waals surface area contributed by atoms with Crippen molar-refractivity contribution in [1.82, 2.24) is 0 Å².